The molecule has 0 bridgehead atoms. The van der Waals surface area contributed by atoms with Crippen molar-refractivity contribution in [2.75, 3.05) is 0 Å². The van der Waals surface area contributed by atoms with E-state index in [1.165, 1.54) is 0 Å². The Balaban J connectivity index is 1.32. The lowest BCUT2D eigenvalue weighted by Crippen LogP contribution is -2.35. The van der Waals surface area contributed by atoms with Crippen molar-refractivity contribution in [3.63, 3.8) is 0 Å². The van der Waals surface area contributed by atoms with Crippen molar-refractivity contribution in [3.05, 3.63) is 78.6 Å². The molecule has 1 aliphatic carbocycles. The summed E-state index contributed by atoms with van der Waals surface area (Å²) in [7, 11) is 0. The van der Waals surface area contributed by atoms with Crippen LogP contribution in [0, 0.1) is 5.92 Å². The molecule has 1 aliphatic rings. The Morgan fingerprint density at radius 1 is 1.11 bits per heavy atom. The summed E-state index contributed by atoms with van der Waals surface area (Å²) in [6, 6.07) is 13.9. The lowest BCUT2D eigenvalue weighted by atomic mass is 10.1. The third-order valence-corrected chi connectivity index (χ3v) is 5.28. The molecule has 4 rings (SSSR count). The Labute approximate surface area is 165 Å². The highest BCUT2D eigenvalue weighted by Gasteiger charge is 2.32. The lowest BCUT2D eigenvalue weighted by molar-refractivity contribution is 0.145. The van der Waals surface area contributed by atoms with Crippen LogP contribution in [-0.2, 0) is 19.7 Å². The van der Waals surface area contributed by atoms with Gasteiger partial charge in [-0.05, 0) is 37.0 Å². The monoisotopic (exact) mass is 378 g/mol. The zero-order valence-electron chi connectivity index (χ0n) is 15.8. The van der Waals surface area contributed by atoms with Gasteiger partial charge in [-0.3, -0.25) is 4.98 Å². The van der Waals surface area contributed by atoms with Gasteiger partial charge in [0.15, 0.2) is 0 Å². The van der Waals surface area contributed by atoms with E-state index >= 15 is 0 Å². The van der Waals surface area contributed by atoms with Crippen LogP contribution in [0.2, 0.25) is 0 Å². The first-order chi connectivity index (χ1) is 13.8. The molecule has 3 atom stereocenters. The average Bonchev–Trinajstić information content (AvgIpc) is 3.36. The lowest BCUT2D eigenvalue weighted by Gasteiger charge is -2.18. The van der Waals surface area contributed by atoms with Crippen LogP contribution in [0.4, 0.5) is 0 Å². The van der Waals surface area contributed by atoms with Gasteiger partial charge in [-0.2, -0.15) is 0 Å². The number of ether oxygens (including phenoxy) is 1. The molecule has 0 saturated heterocycles. The van der Waals surface area contributed by atoms with Crippen LogP contribution in [0.3, 0.4) is 0 Å². The molecule has 2 N–H and O–H groups in total. The Morgan fingerprint density at radius 3 is 2.82 bits per heavy atom. The summed E-state index contributed by atoms with van der Waals surface area (Å²) in [5.74, 6) is 1.31. The van der Waals surface area contributed by atoms with Crippen LogP contribution in [0.25, 0.3) is 0 Å². The number of nitrogens with zero attached hydrogens (tertiary/aromatic N) is 3. The van der Waals surface area contributed by atoms with Crippen molar-refractivity contribution >= 4 is 0 Å². The van der Waals surface area contributed by atoms with Gasteiger partial charge in [0.1, 0.15) is 12.4 Å². The molecule has 1 fully saturated rings. The van der Waals surface area contributed by atoms with Crippen molar-refractivity contribution in [3.8, 4) is 5.75 Å². The molecule has 3 aromatic rings. The third-order valence-electron chi connectivity index (χ3n) is 5.28. The van der Waals surface area contributed by atoms with Gasteiger partial charge in [-0.25, -0.2) is 4.98 Å². The minimum Gasteiger partial charge on any atom is -0.487 e. The summed E-state index contributed by atoms with van der Waals surface area (Å²) < 4.78 is 8.07. The Morgan fingerprint density at radius 2 is 2.00 bits per heavy atom. The predicted octanol–water partition coefficient (Wildman–Crippen LogP) is 2.79. The van der Waals surface area contributed by atoms with Crippen molar-refractivity contribution in [2.24, 2.45) is 5.92 Å². The molecule has 1 aromatic carbocycles. The smallest absolute Gasteiger partial charge is 0.130 e. The van der Waals surface area contributed by atoms with Crippen molar-refractivity contribution < 1.29 is 9.84 Å². The van der Waals surface area contributed by atoms with Gasteiger partial charge in [0.2, 0.25) is 0 Å². The number of aliphatic hydroxyl groups is 1. The molecule has 146 valence electrons. The van der Waals surface area contributed by atoms with Gasteiger partial charge in [-0.1, -0.05) is 24.3 Å². The van der Waals surface area contributed by atoms with E-state index in [1.54, 1.807) is 12.4 Å². The number of imidazole rings is 1. The Kier molecular flexibility index (Phi) is 5.99. The average molecular weight is 378 g/mol. The maximum absolute atomic E-state index is 10.5. The fourth-order valence-electron chi connectivity index (χ4n) is 3.85. The van der Waals surface area contributed by atoms with Crippen LogP contribution in [0.5, 0.6) is 5.75 Å². The SMILES string of the molecule is O[C@@H]1CC(Cn2ccnc2)C[C@H]1NCc1ccccc1OCc1ccccn1. The molecule has 6 heteroatoms. The molecule has 1 saturated carbocycles. The van der Waals surface area contributed by atoms with E-state index in [0.717, 1.165) is 36.4 Å². The number of hydrogen-bond donors (Lipinski definition) is 2. The van der Waals surface area contributed by atoms with E-state index < -0.39 is 0 Å². The Hall–Kier alpha value is -2.70. The third kappa shape index (κ3) is 4.77. The first-order valence-corrected chi connectivity index (χ1v) is 9.76. The molecular weight excluding hydrogens is 352 g/mol. The molecule has 0 radical (unpaired) electrons. The summed E-state index contributed by atoms with van der Waals surface area (Å²) >= 11 is 0. The zero-order chi connectivity index (χ0) is 19.2. The number of benzene rings is 1. The van der Waals surface area contributed by atoms with Crippen LogP contribution in [0.1, 0.15) is 24.1 Å². The van der Waals surface area contributed by atoms with Gasteiger partial charge in [0.05, 0.1) is 18.1 Å². The molecular formula is C22H26N4O2. The van der Waals surface area contributed by atoms with E-state index in [9.17, 15) is 5.11 Å². The minimum atomic E-state index is -0.324. The predicted molar refractivity (Wildman–Crippen MR) is 107 cm³/mol. The van der Waals surface area contributed by atoms with Crippen molar-refractivity contribution in [1.82, 2.24) is 19.9 Å². The molecule has 28 heavy (non-hydrogen) atoms. The first-order valence-electron chi connectivity index (χ1n) is 9.76. The maximum Gasteiger partial charge on any atom is 0.130 e. The van der Waals surface area contributed by atoms with E-state index in [1.807, 2.05) is 48.9 Å². The number of rotatable bonds is 8. The number of aromatic nitrogens is 3. The standard InChI is InChI=1S/C22H26N4O2/c27-21-12-17(14-26-10-9-23-16-26)11-20(21)25-13-18-5-1-2-7-22(18)28-15-19-6-3-4-8-24-19/h1-10,16-17,20-21,25,27H,11-15H2/t17?,20-,21-/m1/s1. The summed E-state index contributed by atoms with van der Waals surface area (Å²) in [5, 5.41) is 14.0. The largest absolute Gasteiger partial charge is 0.487 e. The van der Waals surface area contributed by atoms with Gasteiger partial charge in [0, 0.05) is 43.3 Å². The fraction of sp³-hybridized carbons (Fsp3) is 0.364. The van der Waals surface area contributed by atoms with Gasteiger partial charge in [0.25, 0.3) is 0 Å². The summed E-state index contributed by atoms with van der Waals surface area (Å²) in [4.78, 5) is 8.39. The topological polar surface area (TPSA) is 72.2 Å². The summed E-state index contributed by atoms with van der Waals surface area (Å²) in [5.41, 5.74) is 1.99. The van der Waals surface area contributed by atoms with Gasteiger partial charge >= 0.3 is 0 Å². The first kappa shape index (κ1) is 18.7. The van der Waals surface area contributed by atoms with Crippen LogP contribution in [0.15, 0.2) is 67.4 Å². The second-order valence-electron chi connectivity index (χ2n) is 7.37. The van der Waals surface area contributed by atoms with E-state index in [0.29, 0.717) is 19.1 Å². The second kappa shape index (κ2) is 8.99. The van der Waals surface area contributed by atoms with Crippen LogP contribution < -0.4 is 10.1 Å². The number of aliphatic hydroxyl groups excluding tert-OH is 1. The van der Waals surface area contributed by atoms with Crippen molar-refractivity contribution in [1.29, 1.82) is 0 Å². The number of para-hydroxylation sites is 1. The van der Waals surface area contributed by atoms with Gasteiger partial charge in [-0.15, -0.1) is 0 Å². The van der Waals surface area contributed by atoms with Crippen molar-refractivity contribution in [2.45, 2.75) is 44.7 Å². The van der Waals surface area contributed by atoms with E-state index in [-0.39, 0.29) is 12.1 Å². The number of hydrogen-bond acceptors (Lipinski definition) is 5. The normalized spacial score (nSPS) is 21.7. The van der Waals surface area contributed by atoms with Crippen LogP contribution in [-0.4, -0.2) is 31.8 Å². The summed E-state index contributed by atoms with van der Waals surface area (Å²) in [6.07, 6.45) is 8.82. The zero-order valence-corrected chi connectivity index (χ0v) is 15.8. The molecule has 6 nitrogen and oxygen atoms in total. The van der Waals surface area contributed by atoms with E-state index in [2.05, 4.69) is 25.9 Å². The molecule has 0 aliphatic heterocycles. The molecule has 1 unspecified atom stereocenters. The summed E-state index contributed by atoms with van der Waals surface area (Å²) in [6.45, 7) is 2.01. The highest BCUT2D eigenvalue weighted by molar-refractivity contribution is 5.33. The highest BCUT2D eigenvalue weighted by Crippen LogP contribution is 2.28. The second-order valence-corrected chi connectivity index (χ2v) is 7.37. The Bertz CT molecular complexity index is 854. The minimum absolute atomic E-state index is 0.0948. The number of nitrogens with one attached hydrogen (secondary N) is 1. The van der Waals surface area contributed by atoms with E-state index in [4.69, 9.17) is 4.74 Å². The van der Waals surface area contributed by atoms with Gasteiger partial charge < -0.3 is 19.7 Å². The molecule has 2 heterocycles. The quantitative estimate of drug-likeness (QED) is 0.631. The molecule has 0 spiro atoms. The highest BCUT2D eigenvalue weighted by atomic mass is 16.5. The number of pyridine rings is 1. The molecule has 0 amide bonds. The maximum atomic E-state index is 10.5. The molecule has 2 aromatic heterocycles. The van der Waals surface area contributed by atoms with Crippen LogP contribution >= 0.6 is 0 Å². The fourth-order valence-corrected chi connectivity index (χ4v) is 3.85.